The molecule has 0 spiro atoms. The second-order valence-electron chi connectivity index (χ2n) is 3.19. The van der Waals surface area contributed by atoms with Gasteiger partial charge in [-0.1, -0.05) is 0 Å². The van der Waals surface area contributed by atoms with Crippen molar-refractivity contribution in [2.24, 2.45) is 0 Å². The predicted octanol–water partition coefficient (Wildman–Crippen LogP) is -0.451. The number of rotatable bonds is 7. The van der Waals surface area contributed by atoms with Gasteiger partial charge in [-0.3, -0.25) is 4.79 Å². The first-order chi connectivity index (χ1) is 6.84. The lowest BCUT2D eigenvalue weighted by atomic mass is 10.1. The van der Waals surface area contributed by atoms with Gasteiger partial charge < -0.3 is 20.1 Å². The molecule has 15 heavy (non-hydrogen) atoms. The minimum atomic E-state index is 0. The normalized spacial score (nSPS) is 18.9. The average Bonchev–Trinajstić information content (AvgIpc) is 2.08. The molecule has 0 aromatic heterocycles. The summed E-state index contributed by atoms with van der Waals surface area (Å²) in [4.78, 5) is 11.3. The fourth-order valence-corrected chi connectivity index (χ4v) is 1.13. The van der Waals surface area contributed by atoms with Crippen molar-refractivity contribution in [3.63, 3.8) is 0 Å². The highest BCUT2D eigenvalue weighted by Crippen LogP contribution is 2.00. The van der Waals surface area contributed by atoms with Crippen molar-refractivity contribution in [2.45, 2.75) is 12.5 Å². The maximum Gasteiger partial charge on any atom is 0.237 e. The Morgan fingerprint density at radius 2 is 2.20 bits per heavy atom. The first-order valence-electron chi connectivity index (χ1n) is 4.92. The smallest absolute Gasteiger partial charge is 0.237 e. The summed E-state index contributed by atoms with van der Waals surface area (Å²) in [6, 6.07) is 0.0222. The SMILES string of the molecule is COCCOCCNC(=O)[C@H]1CCN1.Cl. The van der Waals surface area contributed by atoms with Gasteiger partial charge in [0.15, 0.2) is 0 Å². The minimum absolute atomic E-state index is 0. The van der Waals surface area contributed by atoms with E-state index in [0.29, 0.717) is 26.4 Å². The number of ether oxygens (including phenoxy) is 2. The minimum Gasteiger partial charge on any atom is -0.382 e. The Morgan fingerprint density at radius 1 is 1.47 bits per heavy atom. The maximum absolute atomic E-state index is 11.3. The Balaban J connectivity index is 0.00000196. The lowest BCUT2D eigenvalue weighted by molar-refractivity contribution is -0.124. The van der Waals surface area contributed by atoms with Crippen molar-refractivity contribution in [3.8, 4) is 0 Å². The van der Waals surface area contributed by atoms with Crippen LogP contribution in [0, 0.1) is 0 Å². The topological polar surface area (TPSA) is 59.6 Å². The molecule has 1 aliphatic heterocycles. The van der Waals surface area contributed by atoms with E-state index in [9.17, 15) is 4.79 Å². The van der Waals surface area contributed by atoms with Crippen LogP contribution in [0.4, 0.5) is 0 Å². The van der Waals surface area contributed by atoms with Crippen LogP contribution in [0.15, 0.2) is 0 Å². The molecule has 5 nitrogen and oxygen atoms in total. The maximum atomic E-state index is 11.3. The molecule has 0 unspecified atom stereocenters. The Hall–Kier alpha value is -0.360. The predicted molar refractivity (Wildman–Crippen MR) is 59.4 cm³/mol. The quantitative estimate of drug-likeness (QED) is 0.590. The van der Waals surface area contributed by atoms with Crippen molar-refractivity contribution in [3.05, 3.63) is 0 Å². The van der Waals surface area contributed by atoms with Crippen molar-refractivity contribution in [1.82, 2.24) is 10.6 Å². The van der Waals surface area contributed by atoms with Crippen LogP contribution in [0.1, 0.15) is 6.42 Å². The molecule has 6 heteroatoms. The lowest BCUT2D eigenvalue weighted by Gasteiger charge is -2.26. The molecule has 1 aliphatic rings. The van der Waals surface area contributed by atoms with E-state index in [2.05, 4.69) is 10.6 Å². The largest absolute Gasteiger partial charge is 0.382 e. The van der Waals surface area contributed by atoms with Gasteiger partial charge in [0.1, 0.15) is 0 Å². The Morgan fingerprint density at radius 3 is 2.73 bits per heavy atom. The summed E-state index contributed by atoms with van der Waals surface area (Å²) in [5.41, 5.74) is 0. The molecule has 0 saturated carbocycles. The highest BCUT2D eigenvalue weighted by atomic mass is 35.5. The molecular weight excluding hydrogens is 220 g/mol. The zero-order chi connectivity index (χ0) is 10.2. The van der Waals surface area contributed by atoms with Crippen molar-refractivity contribution in [1.29, 1.82) is 0 Å². The number of carbonyl (C=O) groups is 1. The van der Waals surface area contributed by atoms with Crippen molar-refractivity contribution in [2.75, 3.05) is 40.0 Å². The molecular formula is C9H19ClN2O3. The van der Waals surface area contributed by atoms with E-state index >= 15 is 0 Å². The van der Waals surface area contributed by atoms with E-state index in [4.69, 9.17) is 9.47 Å². The van der Waals surface area contributed by atoms with Crippen LogP contribution in [0.25, 0.3) is 0 Å². The van der Waals surface area contributed by atoms with Crippen LogP contribution in [0.2, 0.25) is 0 Å². The zero-order valence-electron chi connectivity index (χ0n) is 8.95. The van der Waals surface area contributed by atoms with E-state index in [0.717, 1.165) is 13.0 Å². The number of methoxy groups -OCH3 is 1. The molecule has 1 saturated heterocycles. The van der Waals surface area contributed by atoms with E-state index in [-0.39, 0.29) is 24.4 Å². The molecule has 0 aromatic carbocycles. The average molecular weight is 239 g/mol. The molecule has 1 atom stereocenters. The molecule has 2 N–H and O–H groups in total. The van der Waals surface area contributed by atoms with Crippen molar-refractivity contribution < 1.29 is 14.3 Å². The summed E-state index contributed by atoms with van der Waals surface area (Å²) >= 11 is 0. The lowest BCUT2D eigenvalue weighted by Crippen LogP contribution is -2.53. The van der Waals surface area contributed by atoms with Gasteiger partial charge in [-0.15, -0.1) is 12.4 Å². The first-order valence-corrected chi connectivity index (χ1v) is 4.92. The highest BCUT2D eigenvalue weighted by Gasteiger charge is 2.23. The second kappa shape index (κ2) is 8.91. The highest BCUT2D eigenvalue weighted by molar-refractivity contribution is 5.85. The standard InChI is InChI=1S/C9H18N2O3.ClH/c1-13-6-7-14-5-4-11-9(12)8-2-3-10-8;/h8,10H,2-7H2,1H3,(H,11,12);1H/t8-;/m1./s1. The number of nitrogens with one attached hydrogen (secondary N) is 2. The third kappa shape index (κ3) is 5.94. The molecule has 1 fully saturated rings. The van der Waals surface area contributed by atoms with Gasteiger partial charge in [-0.25, -0.2) is 0 Å². The molecule has 1 heterocycles. The number of amides is 1. The number of hydrogen-bond acceptors (Lipinski definition) is 4. The molecule has 1 rings (SSSR count). The Kier molecular flexibility index (Phi) is 8.70. The molecule has 0 aliphatic carbocycles. The fourth-order valence-electron chi connectivity index (χ4n) is 1.13. The summed E-state index contributed by atoms with van der Waals surface area (Å²) in [6.07, 6.45) is 0.941. The van der Waals surface area contributed by atoms with E-state index in [1.165, 1.54) is 0 Å². The van der Waals surface area contributed by atoms with Gasteiger partial charge in [0, 0.05) is 13.7 Å². The Labute approximate surface area is 96.3 Å². The summed E-state index contributed by atoms with van der Waals surface area (Å²) in [5, 5.41) is 5.83. The summed E-state index contributed by atoms with van der Waals surface area (Å²) in [5.74, 6) is 0.0755. The molecule has 90 valence electrons. The third-order valence-electron chi connectivity index (χ3n) is 2.12. The van der Waals surface area contributed by atoms with Crippen LogP contribution >= 0.6 is 12.4 Å². The van der Waals surface area contributed by atoms with Crippen LogP contribution in [0.5, 0.6) is 0 Å². The van der Waals surface area contributed by atoms with Gasteiger partial charge in [0.05, 0.1) is 25.9 Å². The van der Waals surface area contributed by atoms with Crippen molar-refractivity contribution >= 4 is 18.3 Å². The first kappa shape index (κ1) is 14.6. The monoisotopic (exact) mass is 238 g/mol. The van der Waals surface area contributed by atoms with Crippen LogP contribution in [-0.4, -0.2) is 52.0 Å². The Bertz CT molecular complexity index is 177. The van der Waals surface area contributed by atoms with Crippen LogP contribution < -0.4 is 10.6 Å². The molecule has 0 aromatic rings. The summed E-state index contributed by atoms with van der Waals surface area (Å²) < 4.78 is 10.0. The second-order valence-corrected chi connectivity index (χ2v) is 3.19. The molecule has 0 radical (unpaired) electrons. The van der Waals surface area contributed by atoms with Crippen LogP contribution in [-0.2, 0) is 14.3 Å². The van der Waals surface area contributed by atoms with E-state index < -0.39 is 0 Å². The van der Waals surface area contributed by atoms with Gasteiger partial charge in [0.2, 0.25) is 5.91 Å². The summed E-state index contributed by atoms with van der Waals surface area (Å²) in [6.45, 7) is 3.23. The number of halogens is 1. The van der Waals surface area contributed by atoms with Gasteiger partial charge in [0.25, 0.3) is 0 Å². The zero-order valence-corrected chi connectivity index (χ0v) is 9.77. The molecule has 0 bridgehead atoms. The van der Waals surface area contributed by atoms with Gasteiger partial charge >= 0.3 is 0 Å². The summed E-state index contributed by atoms with van der Waals surface area (Å²) in [7, 11) is 1.63. The van der Waals surface area contributed by atoms with E-state index in [1.807, 2.05) is 0 Å². The van der Waals surface area contributed by atoms with Gasteiger partial charge in [-0.05, 0) is 13.0 Å². The van der Waals surface area contributed by atoms with Gasteiger partial charge in [-0.2, -0.15) is 0 Å². The van der Waals surface area contributed by atoms with E-state index in [1.54, 1.807) is 7.11 Å². The fraction of sp³-hybridized carbons (Fsp3) is 0.889. The van der Waals surface area contributed by atoms with Crippen LogP contribution in [0.3, 0.4) is 0 Å². The molecule has 1 amide bonds. The number of hydrogen-bond donors (Lipinski definition) is 2. The number of carbonyl (C=O) groups excluding carboxylic acids is 1. The third-order valence-corrected chi connectivity index (χ3v) is 2.12.